The van der Waals surface area contributed by atoms with Gasteiger partial charge in [0.25, 0.3) is 5.22 Å². The van der Waals surface area contributed by atoms with E-state index in [0.29, 0.717) is 15.9 Å². The summed E-state index contributed by atoms with van der Waals surface area (Å²) in [7, 11) is 1.69. The van der Waals surface area contributed by atoms with E-state index in [2.05, 4.69) is 10.1 Å². The van der Waals surface area contributed by atoms with Crippen LogP contribution in [0.2, 0.25) is 0 Å². The summed E-state index contributed by atoms with van der Waals surface area (Å²) in [6.07, 6.45) is 2.94. The van der Waals surface area contributed by atoms with Crippen molar-refractivity contribution in [3.63, 3.8) is 0 Å². The largest absolute Gasteiger partial charge is 0.478 e. The van der Waals surface area contributed by atoms with Gasteiger partial charge in [0.15, 0.2) is 0 Å². The molecule has 0 atom stereocenters. The van der Waals surface area contributed by atoms with Crippen LogP contribution in [0.5, 0.6) is 0 Å². The molecule has 0 aliphatic rings. The zero-order valence-electron chi connectivity index (χ0n) is 8.67. The molecule has 0 saturated heterocycles. The highest BCUT2D eigenvalue weighted by atomic mass is 32.2. The predicted octanol–water partition coefficient (Wildman–Crippen LogP) is 1.57. The van der Waals surface area contributed by atoms with Gasteiger partial charge in [-0.1, -0.05) is 0 Å². The maximum Gasteiger partial charge on any atom is 0.340 e. The zero-order valence-corrected chi connectivity index (χ0v) is 9.48. The van der Waals surface area contributed by atoms with Crippen molar-refractivity contribution in [2.45, 2.75) is 17.2 Å². The number of carboxylic acid groups (broad SMARTS) is 1. The highest BCUT2D eigenvalue weighted by Crippen LogP contribution is 2.30. The standard InChI is InChI=1S/C9H9N3O3S/c1-5-6(8(13)14)7(12(2)11-5)16-9-10-3-4-15-9/h3-4H,1-2H3,(H,13,14). The molecule has 0 spiro atoms. The van der Waals surface area contributed by atoms with Gasteiger partial charge in [0.05, 0.1) is 11.9 Å². The highest BCUT2D eigenvalue weighted by Gasteiger charge is 2.21. The average molecular weight is 239 g/mol. The van der Waals surface area contributed by atoms with Gasteiger partial charge in [0, 0.05) is 7.05 Å². The molecule has 0 bridgehead atoms. The Labute approximate surface area is 95.3 Å². The molecule has 0 aliphatic heterocycles. The summed E-state index contributed by atoms with van der Waals surface area (Å²) < 4.78 is 6.56. The van der Waals surface area contributed by atoms with Crippen LogP contribution in [0.1, 0.15) is 16.1 Å². The molecule has 0 aliphatic carbocycles. The monoisotopic (exact) mass is 239 g/mol. The molecule has 16 heavy (non-hydrogen) atoms. The first kappa shape index (κ1) is 10.7. The van der Waals surface area contributed by atoms with E-state index in [9.17, 15) is 4.79 Å². The van der Waals surface area contributed by atoms with Crippen molar-refractivity contribution in [2.24, 2.45) is 7.05 Å². The minimum atomic E-state index is -1.00. The molecule has 0 fully saturated rings. The number of hydrogen-bond acceptors (Lipinski definition) is 5. The van der Waals surface area contributed by atoms with Crippen molar-refractivity contribution in [3.05, 3.63) is 23.7 Å². The summed E-state index contributed by atoms with van der Waals surface area (Å²) in [6, 6.07) is 0. The number of aromatic carboxylic acids is 1. The Balaban J connectivity index is 2.43. The van der Waals surface area contributed by atoms with Gasteiger partial charge in [-0.2, -0.15) is 5.10 Å². The molecule has 0 aromatic carbocycles. The predicted molar refractivity (Wildman–Crippen MR) is 55.5 cm³/mol. The van der Waals surface area contributed by atoms with E-state index in [0.717, 1.165) is 11.8 Å². The lowest BCUT2D eigenvalue weighted by atomic mass is 10.3. The second-order valence-electron chi connectivity index (χ2n) is 3.09. The summed E-state index contributed by atoms with van der Waals surface area (Å²) in [5.41, 5.74) is 0.662. The fraction of sp³-hybridized carbons (Fsp3) is 0.222. The van der Waals surface area contributed by atoms with Gasteiger partial charge in [0.1, 0.15) is 16.9 Å². The molecule has 84 valence electrons. The molecule has 0 amide bonds. The van der Waals surface area contributed by atoms with Gasteiger partial charge >= 0.3 is 5.97 Å². The van der Waals surface area contributed by atoms with Crippen LogP contribution in [-0.4, -0.2) is 25.8 Å². The third-order valence-corrected chi connectivity index (χ3v) is 3.02. The lowest BCUT2D eigenvalue weighted by Crippen LogP contribution is -2.00. The topological polar surface area (TPSA) is 81.2 Å². The van der Waals surface area contributed by atoms with E-state index < -0.39 is 5.97 Å². The summed E-state index contributed by atoms with van der Waals surface area (Å²) >= 11 is 1.14. The summed E-state index contributed by atoms with van der Waals surface area (Å²) in [5, 5.41) is 14.0. The molecule has 0 unspecified atom stereocenters. The molecule has 0 saturated carbocycles. The van der Waals surface area contributed by atoms with E-state index >= 15 is 0 Å². The fourth-order valence-corrected chi connectivity index (χ4v) is 2.24. The fourth-order valence-electron chi connectivity index (χ4n) is 1.34. The van der Waals surface area contributed by atoms with Crippen molar-refractivity contribution < 1.29 is 14.3 Å². The van der Waals surface area contributed by atoms with Gasteiger partial charge in [-0.05, 0) is 18.7 Å². The molecule has 2 heterocycles. The quantitative estimate of drug-likeness (QED) is 0.875. The Kier molecular flexibility index (Phi) is 2.69. The minimum absolute atomic E-state index is 0.186. The van der Waals surface area contributed by atoms with E-state index in [-0.39, 0.29) is 5.56 Å². The summed E-state index contributed by atoms with van der Waals surface area (Å²) in [4.78, 5) is 15.0. The Morgan fingerprint density at radius 2 is 2.38 bits per heavy atom. The third kappa shape index (κ3) is 1.81. The van der Waals surface area contributed by atoms with Crippen LogP contribution >= 0.6 is 11.8 Å². The van der Waals surface area contributed by atoms with Crippen molar-refractivity contribution in [2.75, 3.05) is 0 Å². The number of carbonyl (C=O) groups is 1. The van der Waals surface area contributed by atoms with Crippen LogP contribution in [0.25, 0.3) is 0 Å². The molecular formula is C9H9N3O3S. The number of oxazole rings is 1. The Morgan fingerprint density at radius 3 is 2.94 bits per heavy atom. The Hall–Kier alpha value is -1.76. The highest BCUT2D eigenvalue weighted by molar-refractivity contribution is 7.99. The molecule has 7 heteroatoms. The van der Waals surface area contributed by atoms with E-state index in [1.165, 1.54) is 17.1 Å². The Morgan fingerprint density at radius 1 is 1.62 bits per heavy atom. The van der Waals surface area contributed by atoms with E-state index in [1.54, 1.807) is 14.0 Å². The molecule has 6 nitrogen and oxygen atoms in total. The van der Waals surface area contributed by atoms with Crippen molar-refractivity contribution >= 4 is 17.7 Å². The lowest BCUT2D eigenvalue weighted by Gasteiger charge is -1.99. The molecule has 1 N–H and O–H groups in total. The minimum Gasteiger partial charge on any atom is -0.478 e. The summed E-state index contributed by atoms with van der Waals surface area (Å²) in [6.45, 7) is 1.66. The maximum atomic E-state index is 11.1. The zero-order chi connectivity index (χ0) is 11.7. The smallest absolute Gasteiger partial charge is 0.340 e. The first-order chi connectivity index (χ1) is 7.59. The van der Waals surface area contributed by atoms with Crippen LogP contribution in [0.3, 0.4) is 0 Å². The number of nitrogens with zero attached hydrogens (tertiary/aromatic N) is 3. The third-order valence-electron chi connectivity index (χ3n) is 1.98. The van der Waals surface area contributed by atoms with E-state index in [4.69, 9.17) is 9.52 Å². The van der Waals surface area contributed by atoms with Gasteiger partial charge in [-0.15, -0.1) is 0 Å². The second kappa shape index (κ2) is 4.01. The van der Waals surface area contributed by atoms with Gasteiger partial charge in [-0.3, -0.25) is 4.68 Å². The molecular weight excluding hydrogens is 230 g/mol. The first-order valence-electron chi connectivity index (χ1n) is 4.44. The molecule has 2 aromatic rings. The molecule has 2 rings (SSSR count). The SMILES string of the molecule is Cc1nn(C)c(Sc2ncco2)c1C(=O)O. The van der Waals surface area contributed by atoms with Crippen molar-refractivity contribution in [1.82, 2.24) is 14.8 Å². The lowest BCUT2D eigenvalue weighted by molar-refractivity contribution is 0.0692. The first-order valence-corrected chi connectivity index (χ1v) is 5.25. The van der Waals surface area contributed by atoms with Gasteiger partial charge in [-0.25, -0.2) is 9.78 Å². The summed E-state index contributed by atoms with van der Waals surface area (Å²) in [5.74, 6) is -1.00. The van der Waals surface area contributed by atoms with Crippen molar-refractivity contribution in [3.8, 4) is 0 Å². The molecule has 2 aromatic heterocycles. The van der Waals surface area contributed by atoms with Crippen molar-refractivity contribution in [1.29, 1.82) is 0 Å². The van der Waals surface area contributed by atoms with Crippen LogP contribution in [-0.2, 0) is 7.05 Å². The van der Waals surface area contributed by atoms with Crippen LogP contribution in [0.15, 0.2) is 27.1 Å². The molecule has 0 radical (unpaired) electrons. The Bertz CT molecular complexity index is 518. The maximum absolute atomic E-state index is 11.1. The number of aromatic nitrogens is 3. The number of carboxylic acids is 1. The van der Waals surface area contributed by atoms with Crippen LogP contribution in [0.4, 0.5) is 0 Å². The van der Waals surface area contributed by atoms with Gasteiger partial charge in [0.2, 0.25) is 0 Å². The number of hydrogen-bond donors (Lipinski definition) is 1. The normalized spacial score (nSPS) is 10.6. The average Bonchev–Trinajstić information content (AvgIpc) is 2.76. The van der Waals surface area contributed by atoms with E-state index in [1.807, 2.05) is 0 Å². The van der Waals surface area contributed by atoms with Crippen LogP contribution < -0.4 is 0 Å². The van der Waals surface area contributed by atoms with Gasteiger partial charge < -0.3 is 9.52 Å². The second-order valence-corrected chi connectivity index (χ2v) is 4.03. The van der Waals surface area contributed by atoms with Crippen LogP contribution in [0, 0.1) is 6.92 Å². The number of aryl methyl sites for hydroxylation is 2. The number of rotatable bonds is 3.